The van der Waals surface area contributed by atoms with Crippen LogP contribution < -0.4 is 16.0 Å². The van der Waals surface area contributed by atoms with E-state index in [1.807, 2.05) is 6.92 Å². The Kier molecular flexibility index (Phi) is 4.95. The van der Waals surface area contributed by atoms with Crippen LogP contribution >= 0.6 is 15.9 Å². The molecule has 0 saturated carbocycles. The number of nitrogens with one attached hydrogen (secondary N) is 1. The summed E-state index contributed by atoms with van der Waals surface area (Å²) < 4.78 is 6.43. The monoisotopic (exact) mass is 288 g/mol. The number of ether oxygens (including phenoxy) is 1. The number of hydrogen-bond acceptors (Lipinski definition) is 5. The van der Waals surface area contributed by atoms with Crippen LogP contribution in [0.15, 0.2) is 10.7 Å². The molecule has 1 heterocycles. The molecule has 0 aliphatic carbocycles. The highest BCUT2D eigenvalue weighted by Crippen LogP contribution is 2.24. The van der Waals surface area contributed by atoms with Crippen molar-refractivity contribution in [3.63, 3.8) is 0 Å². The highest BCUT2D eigenvalue weighted by atomic mass is 79.9. The molecule has 16 heavy (non-hydrogen) atoms. The summed E-state index contributed by atoms with van der Waals surface area (Å²) in [6.07, 6.45) is 2.69. The van der Waals surface area contributed by atoms with Crippen molar-refractivity contribution < 1.29 is 4.74 Å². The highest BCUT2D eigenvalue weighted by Gasteiger charge is 2.11. The van der Waals surface area contributed by atoms with Gasteiger partial charge in [0.1, 0.15) is 0 Å². The Morgan fingerprint density at radius 3 is 2.75 bits per heavy atom. The molecule has 0 aliphatic rings. The number of anilines is 1. The molecule has 0 amide bonds. The fraction of sp³-hybridized carbons (Fsp3) is 0.600. The van der Waals surface area contributed by atoms with Gasteiger partial charge >= 0.3 is 0 Å². The van der Waals surface area contributed by atoms with Crippen molar-refractivity contribution >= 4 is 21.9 Å². The molecular formula is C10H17BrN4O. The minimum absolute atomic E-state index is 0.108. The topological polar surface area (TPSA) is 73.1 Å². The second kappa shape index (κ2) is 6.00. The predicted molar refractivity (Wildman–Crippen MR) is 67.1 cm³/mol. The molecular weight excluding hydrogens is 272 g/mol. The largest absolute Gasteiger partial charge is 0.474 e. The van der Waals surface area contributed by atoms with Crippen LogP contribution in [0.2, 0.25) is 0 Å². The smallest absolute Gasteiger partial charge is 0.240 e. The molecule has 1 aromatic heterocycles. The zero-order valence-corrected chi connectivity index (χ0v) is 11.3. The number of hydrogen-bond donors (Lipinski definition) is 2. The minimum atomic E-state index is 0.108. The van der Waals surface area contributed by atoms with Gasteiger partial charge in [-0.25, -0.2) is 10.8 Å². The van der Waals surface area contributed by atoms with Gasteiger partial charge in [-0.15, -0.1) is 0 Å². The Morgan fingerprint density at radius 2 is 2.19 bits per heavy atom. The summed E-state index contributed by atoms with van der Waals surface area (Å²) in [4.78, 5) is 8.07. The van der Waals surface area contributed by atoms with Gasteiger partial charge in [0.15, 0.2) is 0 Å². The SMILES string of the molecule is CC(C)CC(C)Oc1nc(NN)ncc1Br. The van der Waals surface area contributed by atoms with Gasteiger partial charge in [-0.1, -0.05) is 13.8 Å². The van der Waals surface area contributed by atoms with Crippen LogP contribution in [0.25, 0.3) is 0 Å². The Hall–Kier alpha value is -0.880. The van der Waals surface area contributed by atoms with Gasteiger partial charge in [0.25, 0.3) is 0 Å². The molecule has 5 nitrogen and oxygen atoms in total. The molecule has 0 aliphatic heterocycles. The average Bonchev–Trinajstić information content (AvgIpc) is 2.20. The number of halogens is 1. The van der Waals surface area contributed by atoms with Crippen LogP contribution in [-0.2, 0) is 0 Å². The van der Waals surface area contributed by atoms with Crippen molar-refractivity contribution in [2.75, 3.05) is 5.43 Å². The van der Waals surface area contributed by atoms with Crippen LogP contribution in [0.4, 0.5) is 5.95 Å². The third kappa shape index (κ3) is 3.94. The molecule has 90 valence electrons. The van der Waals surface area contributed by atoms with Gasteiger partial charge in [0.2, 0.25) is 11.8 Å². The molecule has 0 bridgehead atoms. The molecule has 0 saturated heterocycles. The van der Waals surface area contributed by atoms with E-state index in [0.29, 0.717) is 17.7 Å². The lowest BCUT2D eigenvalue weighted by Crippen LogP contribution is -2.17. The lowest BCUT2D eigenvalue weighted by atomic mass is 10.1. The van der Waals surface area contributed by atoms with E-state index in [2.05, 4.69) is 45.2 Å². The standard InChI is InChI=1S/C10H17BrN4O/c1-6(2)4-7(3)16-9-8(11)5-13-10(14-9)15-12/h5-7H,4,12H2,1-3H3,(H,13,14,15). The van der Waals surface area contributed by atoms with Gasteiger partial charge in [-0.3, -0.25) is 5.43 Å². The zero-order chi connectivity index (χ0) is 12.1. The summed E-state index contributed by atoms with van der Waals surface area (Å²) >= 11 is 3.34. The lowest BCUT2D eigenvalue weighted by Gasteiger charge is -2.16. The first-order valence-corrected chi connectivity index (χ1v) is 5.98. The summed E-state index contributed by atoms with van der Waals surface area (Å²) in [7, 11) is 0. The number of hydrazine groups is 1. The van der Waals surface area contributed by atoms with Crippen molar-refractivity contribution in [3.05, 3.63) is 10.7 Å². The van der Waals surface area contributed by atoms with Crippen molar-refractivity contribution in [2.45, 2.75) is 33.3 Å². The first-order valence-electron chi connectivity index (χ1n) is 5.18. The molecule has 1 aromatic rings. The van der Waals surface area contributed by atoms with Crippen LogP contribution in [0, 0.1) is 5.92 Å². The third-order valence-corrected chi connectivity index (χ3v) is 2.50. The number of aromatic nitrogens is 2. The zero-order valence-electron chi connectivity index (χ0n) is 9.70. The van der Waals surface area contributed by atoms with Crippen LogP contribution in [0.3, 0.4) is 0 Å². The summed E-state index contributed by atoms with van der Waals surface area (Å²) in [5.74, 6) is 6.67. The molecule has 1 rings (SSSR count). The molecule has 0 spiro atoms. The highest BCUT2D eigenvalue weighted by molar-refractivity contribution is 9.10. The minimum Gasteiger partial charge on any atom is -0.474 e. The molecule has 1 unspecified atom stereocenters. The van der Waals surface area contributed by atoms with E-state index in [0.717, 1.165) is 10.9 Å². The fourth-order valence-electron chi connectivity index (χ4n) is 1.41. The van der Waals surface area contributed by atoms with Gasteiger partial charge in [0, 0.05) is 0 Å². The van der Waals surface area contributed by atoms with E-state index in [9.17, 15) is 0 Å². The number of rotatable bonds is 5. The third-order valence-electron chi connectivity index (χ3n) is 1.96. The predicted octanol–water partition coefficient (Wildman–Crippen LogP) is 2.34. The number of nitrogens with zero attached hydrogens (tertiary/aromatic N) is 2. The van der Waals surface area contributed by atoms with Crippen LogP contribution in [0.1, 0.15) is 27.2 Å². The van der Waals surface area contributed by atoms with E-state index < -0.39 is 0 Å². The molecule has 0 fully saturated rings. The van der Waals surface area contributed by atoms with Crippen molar-refractivity contribution in [2.24, 2.45) is 11.8 Å². The molecule has 1 atom stereocenters. The summed E-state index contributed by atoms with van der Waals surface area (Å²) in [5, 5.41) is 0. The fourth-order valence-corrected chi connectivity index (χ4v) is 1.69. The van der Waals surface area contributed by atoms with Crippen LogP contribution in [0.5, 0.6) is 5.88 Å². The van der Waals surface area contributed by atoms with E-state index >= 15 is 0 Å². The second-order valence-corrected chi connectivity index (χ2v) is 4.90. The maximum Gasteiger partial charge on any atom is 0.240 e. The first kappa shape index (κ1) is 13.2. The summed E-state index contributed by atoms with van der Waals surface area (Å²) in [6.45, 7) is 6.33. The number of nitrogen functional groups attached to an aromatic ring is 1. The van der Waals surface area contributed by atoms with Gasteiger partial charge in [-0.05, 0) is 35.2 Å². The molecule has 6 heteroatoms. The van der Waals surface area contributed by atoms with Crippen molar-refractivity contribution in [1.82, 2.24) is 9.97 Å². The van der Waals surface area contributed by atoms with E-state index in [1.165, 1.54) is 0 Å². The van der Waals surface area contributed by atoms with Gasteiger partial charge in [0.05, 0.1) is 16.8 Å². The quantitative estimate of drug-likeness (QED) is 0.643. The van der Waals surface area contributed by atoms with Gasteiger partial charge < -0.3 is 4.74 Å². The van der Waals surface area contributed by atoms with Gasteiger partial charge in [-0.2, -0.15) is 4.98 Å². The summed E-state index contributed by atoms with van der Waals surface area (Å²) in [6, 6.07) is 0. The van der Waals surface area contributed by atoms with E-state index in [4.69, 9.17) is 10.6 Å². The maximum absolute atomic E-state index is 5.70. The van der Waals surface area contributed by atoms with Crippen LogP contribution in [-0.4, -0.2) is 16.1 Å². The lowest BCUT2D eigenvalue weighted by molar-refractivity contribution is 0.184. The second-order valence-electron chi connectivity index (χ2n) is 4.05. The summed E-state index contributed by atoms with van der Waals surface area (Å²) in [5.41, 5.74) is 2.39. The van der Waals surface area contributed by atoms with E-state index in [-0.39, 0.29) is 6.10 Å². The molecule has 3 N–H and O–H groups in total. The molecule has 0 aromatic carbocycles. The molecule has 0 radical (unpaired) electrons. The Labute approximate surface area is 104 Å². The Morgan fingerprint density at radius 1 is 1.50 bits per heavy atom. The van der Waals surface area contributed by atoms with E-state index in [1.54, 1.807) is 6.20 Å². The van der Waals surface area contributed by atoms with Crippen molar-refractivity contribution in [3.8, 4) is 5.88 Å². The average molecular weight is 289 g/mol. The normalized spacial score (nSPS) is 12.6. The first-order chi connectivity index (χ1) is 7.52. The Bertz CT molecular complexity index is 346. The van der Waals surface area contributed by atoms with Crippen molar-refractivity contribution in [1.29, 1.82) is 0 Å². The number of nitrogens with two attached hydrogens (primary N) is 1. The Balaban J connectivity index is 2.71. The maximum atomic E-state index is 5.70.